The molecule has 1 N–H and O–H groups in total. The summed E-state index contributed by atoms with van der Waals surface area (Å²) in [7, 11) is 1.75. The molecule has 27 heavy (non-hydrogen) atoms. The second kappa shape index (κ2) is 9.33. The molecule has 142 valence electrons. The Hall–Kier alpha value is -2.66. The van der Waals surface area contributed by atoms with Gasteiger partial charge in [0, 0.05) is 24.0 Å². The standard InChI is InChI=1S/C22H27N3O2/c1-24(20-12-5-4-6-13-20)22(27)18-10-9-11-19(16-18)23-21(26)17-25-14-7-2-3-8-15-25/h4-6,9-13,16H,2-3,7-8,14-15,17H2,1H3,(H,23,26). The first-order chi connectivity index (χ1) is 13.1. The molecule has 0 bridgehead atoms. The van der Waals surface area contributed by atoms with Gasteiger partial charge >= 0.3 is 0 Å². The lowest BCUT2D eigenvalue weighted by atomic mass is 10.1. The summed E-state index contributed by atoms with van der Waals surface area (Å²) in [4.78, 5) is 28.9. The van der Waals surface area contributed by atoms with E-state index in [9.17, 15) is 9.59 Å². The molecule has 0 atom stereocenters. The van der Waals surface area contributed by atoms with Crippen LogP contribution in [0.25, 0.3) is 0 Å². The highest BCUT2D eigenvalue weighted by Crippen LogP contribution is 2.17. The van der Waals surface area contributed by atoms with Gasteiger partial charge in [-0.25, -0.2) is 0 Å². The number of hydrogen-bond donors (Lipinski definition) is 1. The predicted octanol–water partition coefficient (Wildman–Crippen LogP) is 3.78. The minimum atomic E-state index is -0.107. The summed E-state index contributed by atoms with van der Waals surface area (Å²) < 4.78 is 0. The Morgan fingerprint density at radius 2 is 1.67 bits per heavy atom. The van der Waals surface area contributed by atoms with Crippen molar-refractivity contribution in [3.05, 3.63) is 60.2 Å². The molecule has 1 fully saturated rings. The molecule has 0 aromatic heterocycles. The average molecular weight is 365 g/mol. The number of para-hydroxylation sites is 1. The minimum Gasteiger partial charge on any atom is -0.325 e. The van der Waals surface area contributed by atoms with Gasteiger partial charge in [-0.1, -0.05) is 37.1 Å². The molecule has 0 spiro atoms. The molecule has 2 aromatic rings. The van der Waals surface area contributed by atoms with Gasteiger partial charge in [0.05, 0.1) is 6.54 Å². The zero-order chi connectivity index (χ0) is 19.1. The number of nitrogens with one attached hydrogen (secondary N) is 1. The lowest BCUT2D eigenvalue weighted by Crippen LogP contribution is -2.34. The van der Waals surface area contributed by atoms with Crippen LogP contribution < -0.4 is 10.2 Å². The molecule has 2 amide bonds. The van der Waals surface area contributed by atoms with Gasteiger partial charge in [0.1, 0.15) is 0 Å². The summed E-state index contributed by atoms with van der Waals surface area (Å²) in [6.07, 6.45) is 4.81. The fraction of sp³-hybridized carbons (Fsp3) is 0.364. The van der Waals surface area contributed by atoms with Gasteiger partial charge in [-0.2, -0.15) is 0 Å². The monoisotopic (exact) mass is 365 g/mol. The van der Waals surface area contributed by atoms with Gasteiger partial charge in [0.2, 0.25) is 5.91 Å². The first-order valence-corrected chi connectivity index (χ1v) is 9.59. The van der Waals surface area contributed by atoms with Gasteiger partial charge in [0.25, 0.3) is 5.91 Å². The van der Waals surface area contributed by atoms with Crippen molar-refractivity contribution in [2.45, 2.75) is 25.7 Å². The third kappa shape index (κ3) is 5.41. The third-order valence-electron chi connectivity index (χ3n) is 4.91. The summed E-state index contributed by atoms with van der Waals surface area (Å²) in [6, 6.07) is 16.6. The van der Waals surface area contributed by atoms with Crippen LogP contribution in [0, 0.1) is 0 Å². The number of anilines is 2. The van der Waals surface area contributed by atoms with Crippen LogP contribution in [0.2, 0.25) is 0 Å². The van der Waals surface area contributed by atoms with Gasteiger partial charge in [-0.15, -0.1) is 0 Å². The van der Waals surface area contributed by atoms with Crippen molar-refractivity contribution in [2.75, 3.05) is 36.9 Å². The molecule has 5 nitrogen and oxygen atoms in total. The summed E-state index contributed by atoms with van der Waals surface area (Å²) in [6.45, 7) is 2.36. The number of carbonyl (C=O) groups excluding carboxylic acids is 2. The Kier molecular flexibility index (Phi) is 6.60. The van der Waals surface area contributed by atoms with Crippen LogP contribution in [0.4, 0.5) is 11.4 Å². The van der Waals surface area contributed by atoms with Gasteiger partial charge in [0.15, 0.2) is 0 Å². The Morgan fingerprint density at radius 1 is 0.963 bits per heavy atom. The number of amides is 2. The lowest BCUT2D eigenvalue weighted by molar-refractivity contribution is -0.117. The van der Waals surface area contributed by atoms with Crippen LogP contribution >= 0.6 is 0 Å². The maximum absolute atomic E-state index is 12.7. The zero-order valence-corrected chi connectivity index (χ0v) is 15.9. The molecule has 0 unspecified atom stereocenters. The van der Waals surface area contributed by atoms with Crippen molar-refractivity contribution in [2.24, 2.45) is 0 Å². The summed E-state index contributed by atoms with van der Waals surface area (Å²) in [5.74, 6) is -0.136. The number of rotatable bonds is 5. The topological polar surface area (TPSA) is 52.7 Å². The van der Waals surface area contributed by atoms with Crippen molar-refractivity contribution in [3.63, 3.8) is 0 Å². The van der Waals surface area contributed by atoms with E-state index in [1.165, 1.54) is 12.8 Å². The van der Waals surface area contributed by atoms with E-state index in [4.69, 9.17) is 0 Å². The molecule has 2 aromatic carbocycles. The zero-order valence-electron chi connectivity index (χ0n) is 15.9. The molecular formula is C22H27N3O2. The Morgan fingerprint density at radius 3 is 2.37 bits per heavy atom. The second-order valence-electron chi connectivity index (χ2n) is 7.02. The minimum absolute atomic E-state index is 0.0297. The molecule has 5 heteroatoms. The number of likely N-dealkylation sites (tertiary alicyclic amines) is 1. The van der Waals surface area contributed by atoms with Crippen molar-refractivity contribution < 1.29 is 9.59 Å². The van der Waals surface area contributed by atoms with Crippen LogP contribution in [0.5, 0.6) is 0 Å². The van der Waals surface area contributed by atoms with Crippen LogP contribution in [0.1, 0.15) is 36.0 Å². The number of nitrogens with zero attached hydrogens (tertiary/aromatic N) is 2. The highest BCUT2D eigenvalue weighted by molar-refractivity contribution is 6.06. The summed E-state index contributed by atoms with van der Waals surface area (Å²) >= 11 is 0. The number of hydrogen-bond acceptors (Lipinski definition) is 3. The van der Waals surface area contributed by atoms with E-state index in [1.807, 2.05) is 36.4 Å². The first-order valence-electron chi connectivity index (χ1n) is 9.59. The fourth-order valence-corrected chi connectivity index (χ4v) is 3.39. The Balaban J connectivity index is 1.62. The maximum atomic E-state index is 12.7. The van der Waals surface area contributed by atoms with E-state index in [0.717, 1.165) is 31.6 Å². The van der Waals surface area contributed by atoms with E-state index < -0.39 is 0 Å². The largest absolute Gasteiger partial charge is 0.325 e. The molecule has 1 saturated heterocycles. The fourth-order valence-electron chi connectivity index (χ4n) is 3.39. The van der Waals surface area contributed by atoms with Gasteiger partial charge in [-0.3, -0.25) is 14.5 Å². The average Bonchev–Trinajstić information content (AvgIpc) is 2.96. The maximum Gasteiger partial charge on any atom is 0.258 e. The number of carbonyl (C=O) groups is 2. The van der Waals surface area contributed by atoms with Crippen molar-refractivity contribution in [3.8, 4) is 0 Å². The molecule has 0 saturated carbocycles. The van der Waals surface area contributed by atoms with Crippen LogP contribution in [0.3, 0.4) is 0 Å². The van der Waals surface area contributed by atoms with Crippen molar-refractivity contribution >= 4 is 23.2 Å². The molecule has 0 radical (unpaired) electrons. The molecule has 1 heterocycles. The first kappa shape index (κ1) is 19.1. The molecule has 3 rings (SSSR count). The molecule has 1 aliphatic heterocycles. The van der Waals surface area contributed by atoms with Gasteiger partial charge in [-0.05, 0) is 56.3 Å². The predicted molar refractivity (Wildman–Crippen MR) is 109 cm³/mol. The SMILES string of the molecule is CN(C(=O)c1cccc(NC(=O)CN2CCCCCC2)c1)c1ccccc1. The quantitative estimate of drug-likeness (QED) is 0.877. The van der Waals surface area contributed by atoms with Gasteiger partial charge < -0.3 is 10.2 Å². The lowest BCUT2D eigenvalue weighted by Gasteiger charge is -2.19. The van der Waals surface area contributed by atoms with E-state index in [1.54, 1.807) is 30.1 Å². The highest BCUT2D eigenvalue weighted by Gasteiger charge is 2.16. The third-order valence-corrected chi connectivity index (χ3v) is 4.91. The van der Waals surface area contributed by atoms with Crippen LogP contribution in [0.15, 0.2) is 54.6 Å². The number of benzene rings is 2. The molecule has 0 aliphatic carbocycles. The van der Waals surface area contributed by atoms with Crippen molar-refractivity contribution in [1.29, 1.82) is 0 Å². The highest BCUT2D eigenvalue weighted by atomic mass is 16.2. The van der Waals surface area contributed by atoms with E-state index in [2.05, 4.69) is 10.2 Å². The van der Waals surface area contributed by atoms with Crippen molar-refractivity contribution in [1.82, 2.24) is 4.90 Å². The van der Waals surface area contributed by atoms with E-state index >= 15 is 0 Å². The normalized spacial score (nSPS) is 15.0. The second-order valence-corrected chi connectivity index (χ2v) is 7.02. The molecule has 1 aliphatic rings. The smallest absolute Gasteiger partial charge is 0.258 e. The van der Waals surface area contributed by atoms with Crippen LogP contribution in [-0.4, -0.2) is 43.4 Å². The van der Waals surface area contributed by atoms with Crippen LogP contribution in [-0.2, 0) is 4.79 Å². The molecular weight excluding hydrogens is 338 g/mol. The Bertz CT molecular complexity index is 768. The van der Waals surface area contributed by atoms with E-state index in [0.29, 0.717) is 17.8 Å². The Labute approximate surface area is 161 Å². The summed E-state index contributed by atoms with van der Waals surface area (Å²) in [5.41, 5.74) is 2.04. The van der Waals surface area contributed by atoms with E-state index in [-0.39, 0.29) is 11.8 Å². The summed E-state index contributed by atoms with van der Waals surface area (Å²) in [5, 5.41) is 2.93.